The fourth-order valence-corrected chi connectivity index (χ4v) is 2.28. The molecule has 0 aliphatic carbocycles. The van der Waals surface area contributed by atoms with E-state index in [0.717, 1.165) is 18.7 Å². The Labute approximate surface area is 103 Å². The zero-order chi connectivity index (χ0) is 11.9. The van der Waals surface area contributed by atoms with Gasteiger partial charge in [-0.1, -0.05) is 18.6 Å². The summed E-state index contributed by atoms with van der Waals surface area (Å²) in [5.74, 6) is -0.167. The number of hydrogen-bond donors (Lipinski definition) is 2. The molecule has 3 heteroatoms. The monoisotopic (exact) mass is 236 g/mol. The van der Waals surface area contributed by atoms with E-state index in [1.165, 1.54) is 44.4 Å². The van der Waals surface area contributed by atoms with Gasteiger partial charge in [-0.15, -0.1) is 0 Å². The largest absolute Gasteiger partial charge is 0.314 e. The van der Waals surface area contributed by atoms with E-state index in [2.05, 4.69) is 10.6 Å². The summed E-state index contributed by atoms with van der Waals surface area (Å²) in [4.78, 5) is 0. The van der Waals surface area contributed by atoms with Gasteiger partial charge < -0.3 is 10.6 Å². The summed E-state index contributed by atoms with van der Waals surface area (Å²) < 4.78 is 12.7. The highest BCUT2D eigenvalue weighted by Crippen LogP contribution is 2.09. The lowest BCUT2D eigenvalue weighted by Crippen LogP contribution is -2.36. The van der Waals surface area contributed by atoms with Gasteiger partial charge in [0.05, 0.1) is 0 Å². The van der Waals surface area contributed by atoms with Crippen LogP contribution in [0.15, 0.2) is 24.3 Å². The molecule has 94 valence electrons. The molecule has 1 unspecified atom stereocenters. The Morgan fingerprint density at radius 3 is 2.76 bits per heavy atom. The predicted molar refractivity (Wildman–Crippen MR) is 68.4 cm³/mol. The molecule has 1 fully saturated rings. The van der Waals surface area contributed by atoms with Gasteiger partial charge in [-0.25, -0.2) is 4.39 Å². The van der Waals surface area contributed by atoms with E-state index in [-0.39, 0.29) is 5.82 Å². The second-order valence-corrected chi connectivity index (χ2v) is 4.74. The second-order valence-electron chi connectivity index (χ2n) is 4.74. The molecule has 2 rings (SSSR count). The van der Waals surface area contributed by atoms with Crippen molar-refractivity contribution in [3.8, 4) is 0 Å². The van der Waals surface area contributed by atoms with Crippen molar-refractivity contribution in [3.05, 3.63) is 35.6 Å². The van der Waals surface area contributed by atoms with E-state index >= 15 is 0 Å². The Bertz CT molecular complexity index is 317. The predicted octanol–water partition coefficient (Wildman–Crippen LogP) is 2.45. The minimum atomic E-state index is -0.167. The first-order valence-electron chi connectivity index (χ1n) is 6.53. The zero-order valence-electron chi connectivity index (χ0n) is 10.2. The lowest BCUT2D eigenvalue weighted by Gasteiger charge is -2.23. The first kappa shape index (κ1) is 12.5. The van der Waals surface area contributed by atoms with E-state index in [9.17, 15) is 4.39 Å². The fourth-order valence-electron chi connectivity index (χ4n) is 2.28. The molecular weight excluding hydrogens is 215 g/mol. The molecule has 0 aromatic heterocycles. The highest BCUT2D eigenvalue weighted by molar-refractivity contribution is 5.15. The molecule has 1 aliphatic rings. The number of rotatable bonds is 5. The molecule has 0 radical (unpaired) electrons. The average Bonchev–Trinajstić information content (AvgIpc) is 2.38. The highest BCUT2D eigenvalue weighted by Gasteiger charge is 2.11. The fraction of sp³-hybridized carbons (Fsp3) is 0.571. The number of hydrogen-bond acceptors (Lipinski definition) is 2. The average molecular weight is 236 g/mol. The van der Waals surface area contributed by atoms with E-state index in [1.54, 1.807) is 0 Å². The third-order valence-electron chi connectivity index (χ3n) is 3.32. The first-order chi connectivity index (χ1) is 8.34. The van der Waals surface area contributed by atoms with Crippen LogP contribution >= 0.6 is 0 Å². The summed E-state index contributed by atoms with van der Waals surface area (Å²) in [5.41, 5.74) is 1.14. The summed E-state index contributed by atoms with van der Waals surface area (Å²) in [7, 11) is 0. The van der Waals surface area contributed by atoms with Gasteiger partial charge in [-0.2, -0.15) is 0 Å². The van der Waals surface area contributed by atoms with Crippen molar-refractivity contribution in [1.29, 1.82) is 0 Å². The van der Waals surface area contributed by atoms with Gasteiger partial charge in [0.2, 0.25) is 0 Å². The molecule has 1 atom stereocenters. The minimum Gasteiger partial charge on any atom is -0.314 e. The lowest BCUT2D eigenvalue weighted by atomic mass is 10.0. The Hall–Kier alpha value is -0.930. The summed E-state index contributed by atoms with van der Waals surface area (Å²) in [5, 5.41) is 6.94. The number of benzene rings is 1. The van der Waals surface area contributed by atoms with Gasteiger partial charge in [-0.3, -0.25) is 0 Å². The van der Waals surface area contributed by atoms with E-state index in [4.69, 9.17) is 0 Å². The Morgan fingerprint density at radius 2 is 2.06 bits per heavy atom. The molecule has 0 saturated carbocycles. The van der Waals surface area contributed by atoms with Crippen LogP contribution in [-0.2, 0) is 6.54 Å². The van der Waals surface area contributed by atoms with Crippen molar-refractivity contribution in [2.75, 3.05) is 13.1 Å². The number of piperidine rings is 1. The third-order valence-corrected chi connectivity index (χ3v) is 3.32. The lowest BCUT2D eigenvalue weighted by molar-refractivity contribution is 0.376. The van der Waals surface area contributed by atoms with Crippen molar-refractivity contribution >= 4 is 0 Å². The number of halogens is 1. The maximum atomic E-state index is 12.7. The molecule has 2 nitrogen and oxygen atoms in total. The van der Waals surface area contributed by atoms with Crippen molar-refractivity contribution in [2.45, 2.75) is 38.3 Å². The van der Waals surface area contributed by atoms with Crippen molar-refractivity contribution in [3.63, 3.8) is 0 Å². The van der Waals surface area contributed by atoms with Crippen molar-refractivity contribution in [2.24, 2.45) is 0 Å². The van der Waals surface area contributed by atoms with Gasteiger partial charge in [0.1, 0.15) is 5.82 Å². The molecule has 1 aromatic carbocycles. The summed E-state index contributed by atoms with van der Waals surface area (Å²) in [6.07, 6.45) is 5.16. The maximum Gasteiger partial charge on any atom is 0.123 e. The molecule has 1 saturated heterocycles. The second kappa shape index (κ2) is 6.72. The summed E-state index contributed by atoms with van der Waals surface area (Å²) in [6, 6.07) is 7.38. The van der Waals surface area contributed by atoms with Crippen LogP contribution in [-0.4, -0.2) is 19.1 Å². The molecule has 0 spiro atoms. The summed E-state index contributed by atoms with van der Waals surface area (Å²) in [6.45, 7) is 3.02. The van der Waals surface area contributed by atoms with Crippen molar-refractivity contribution < 1.29 is 4.39 Å². The molecule has 1 aromatic rings. The third kappa shape index (κ3) is 4.44. The topological polar surface area (TPSA) is 24.1 Å². The smallest absolute Gasteiger partial charge is 0.123 e. The van der Waals surface area contributed by atoms with Gasteiger partial charge in [0, 0.05) is 12.6 Å². The van der Waals surface area contributed by atoms with Crippen LogP contribution in [0.1, 0.15) is 31.2 Å². The SMILES string of the molecule is Fc1ccc(CNCCC2CCCCN2)cc1. The van der Waals surface area contributed by atoms with Crippen LogP contribution in [0.4, 0.5) is 4.39 Å². The Balaban J connectivity index is 1.60. The standard InChI is InChI=1S/C14H21FN2/c15-13-6-4-12(5-7-13)11-16-10-8-14-3-1-2-9-17-14/h4-7,14,16-17H,1-3,8-11H2. The van der Waals surface area contributed by atoms with Gasteiger partial charge in [-0.05, 0) is 50.0 Å². The molecular formula is C14H21FN2. The van der Waals surface area contributed by atoms with E-state index < -0.39 is 0 Å². The van der Waals surface area contributed by atoms with Gasteiger partial charge >= 0.3 is 0 Å². The zero-order valence-corrected chi connectivity index (χ0v) is 10.2. The van der Waals surface area contributed by atoms with Gasteiger partial charge in [0.15, 0.2) is 0 Å². The maximum absolute atomic E-state index is 12.7. The summed E-state index contributed by atoms with van der Waals surface area (Å²) >= 11 is 0. The van der Waals surface area contributed by atoms with Crippen LogP contribution in [0.25, 0.3) is 0 Å². The van der Waals surface area contributed by atoms with Crippen LogP contribution in [0.5, 0.6) is 0 Å². The molecule has 1 heterocycles. The van der Waals surface area contributed by atoms with Crippen LogP contribution in [0.3, 0.4) is 0 Å². The van der Waals surface area contributed by atoms with E-state index in [1.807, 2.05) is 12.1 Å². The van der Waals surface area contributed by atoms with Crippen molar-refractivity contribution in [1.82, 2.24) is 10.6 Å². The molecule has 17 heavy (non-hydrogen) atoms. The number of nitrogens with one attached hydrogen (secondary N) is 2. The Kier molecular flexibility index (Phi) is 4.95. The quantitative estimate of drug-likeness (QED) is 0.767. The minimum absolute atomic E-state index is 0.167. The van der Waals surface area contributed by atoms with Crippen LogP contribution < -0.4 is 10.6 Å². The van der Waals surface area contributed by atoms with Gasteiger partial charge in [0.25, 0.3) is 0 Å². The van der Waals surface area contributed by atoms with Crippen LogP contribution in [0, 0.1) is 5.82 Å². The molecule has 0 amide bonds. The Morgan fingerprint density at radius 1 is 1.24 bits per heavy atom. The normalized spacial score (nSPS) is 20.4. The van der Waals surface area contributed by atoms with Crippen LogP contribution in [0.2, 0.25) is 0 Å². The molecule has 1 aliphatic heterocycles. The molecule has 2 N–H and O–H groups in total. The highest BCUT2D eigenvalue weighted by atomic mass is 19.1. The van der Waals surface area contributed by atoms with E-state index in [0.29, 0.717) is 6.04 Å². The molecule has 0 bridgehead atoms. The first-order valence-corrected chi connectivity index (χ1v) is 6.53.